The molecule has 0 saturated carbocycles. The Hall–Kier alpha value is -1.85. The van der Waals surface area contributed by atoms with Gasteiger partial charge in [0.25, 0.3) is 5.91 Å². The number of nitrogens with one attached hydrogen (secondary N) is 1. The van der Waals surface area contributed by atoms with Crippen molar-refractivity contribution in [2.24, 2.45) is 0 Å². The van der Waals surface area contributed by atoms with Crippen molar-refractivity contribution in [3.05, 3.63) is 52.0 Å². The van der Waals surface area contributed by atoms with E-state index in [1.165, 1.54) is 0 Å². The van der Waals surface area contributed by atoms with Gasteiger partial charge in [0.15, 0.2) is 0 Å². The number of rotatable bonds is 3. The summed E-state index contributed by atoms with van der Waals surface area (Å²) in [7, 11) is 3.72. The largest absolute Gasteiger partial charge is 0.376 e. The zero-order valence-corrected chi connectivity index (χ0v) is 12.8. The molecule has 0 aliphatic rings. The van der Waals surface area contributed by atoms with E-state index in [-0.39, 0.29) is 10.7 Å². The fraction of sp³-hybridized carbons (Fsp3) is 0.143. The molecule has 2 aromatic rings. The lowest BCUT2D eigenvalue weighted by atomic mass is 10.2. The van der Waals surface area contributed by atoms with E-state index in [0.717, 1.165) is 18.0 Å². The van der Waals surface area contributed by atoms with Crippen molar-refractivity contribution in [1.82, 2.24) is 4.98 Å². The van der Waals surface area contributed by atoms with Crippen LogP contribution in [-0.4, -0.2) is 25.0 Å². The number of hydrogen-bond acceptors (Lipinski definition) is 3. The Morgan fingerprint density at radius 3 is 2.62 bits per heavy atom. The predicted molar refractivity (Wildman–Crippen MR) is 82.9 cm³/mol. The SMILES string of the molecule is CN(C)c1ccc(NC(=O)c2cc(F)cnc2Cl)cc1Cl. The van der Waals surface area contributed by atoms with Gasteiger partial charge in [0.05, 0.1) is 22.5 Å². The monoisotopic (exact) mass is 327 g/mol. The Balaban J connectivity index is 2.24. The summed E-state index contributed by atoms with van der Waals surface area (Å²) in [5.41, 5.74) is 1.26. The molecule has 0 bridgehead atoms. The first-order valence-corrected chi connectivity index (χ1v) is 6.73. The summed E-state index contributed by atoms with van der Waals surface area (Å²) >= 11 is 11.9. The molecule has 1 N–H and O–H groups in total. The van der Waals surface area contributed by atoms with Crippen LogP contribution in [0.15, 0.2) is 30.5 Å². The summed E-state index contributed by atoms with van der Waals surface area (Å²) in [4.78, 5) is 17.5. The minimum Gasteiger partial charge on any atom is -0.376 e. The first-order chi connectivity index (χ1) is 9.88. The van der Waals surface area contributed by atoms with E-state index in [4.69, 9.17) is 23.2 Å². The molecule has 7 heteroatoms. The normalized spacial score (nSPS) is 10.3. The quantitative estimate of drug-likeness (QED) is 0.871. The number of carbonyl (C=O) groups excluding carboxylic acids is 1. The van der Waals surface area contributed by atoms with Crippen molar-refractivity contribution in [2.75, 3.05) is 24.3 Å². The van der Waals surface area contributed by atoms with Crippen LogP contribution in [0.3, 0.4) is 0 Å². The van der Waals surface area contributed by atoms with Crippen LogP contribution < -0.4 is 10.2 Å². The van der Waals surface area contributed by atoms with Crippen molar-refractivity contribution >= 4 is 40.5 Å². The van der Waals surface area contributed by atoms with E-state index < -0.39 is 11.7 Å². The zero-order valence-electron chi connectivity index (χ0n) is 11.3. The number of amides is 1. The molecule has 0 saturated heterocycles. The van der Waals surface area contributed by atoms with Gasteiger partial charge in [0.2, 0.25) is 0 Å². The van der Waals surface area contributed by atoms with E-state index in [9.17, 15) is 9.18 Å². The van der Waals surface area contributed by atoms with Crippen molar-refractivity contribution in [3.63, 3.8) is 0 Å². The lowest BCUT2D eigenvalue weighted by molar-refractivity contribution is 0.102. The Morgan fingerprint density at radius 2 is 2.00 bits per heavy atom. The smallest absolute Gasteiger partial charge is 0.258 e. The third kappa shape index (κ3) is 3.62. The van der Waals surface area contributed by atoms with Crippen LogP contribution in [0.1, 0.15) is 10.4 Å². The number of halogens is 3. The molecule has 110 valence electrons. The molecule has 1 aromatic carbocycles. The molecule has 0 aliphatic carbocycles. The number of hydrogen-bond donors (Lipinski definition) is 1. The number of nitrogens with zero attached hydrogens (tertiary/aromatic N) is 2. The average Bonchev–Trinajstić information content (AvgIpc) is 2.41. The molecular formula is C14H12Cl2FN3O. The molecule has 0 spiro atoms. The first-order valence-electron chi connectivity index (χ1n) is 5.97. The molecule has 0 unspecified atom stereocenters. The number of carbonyl (C=O) groups is 1. The topological polar surface area (TPSA) is 45.2 Å². The van der Waals surface area contributed by atoms with Crippen LogP contribution in [0.4, 0.5) is 15.8 Å². The lowest BCUT2D eigenvalue weighted by Gasteiger charge is -2.15. The van der Waals surface area contributed by atoms with Crippen LogP contribution in [0.5, 0.6) is 0 Å². The van der Waals surface area contributed by atoms with Gasteiger partial charge in [-0.15, -0.1) is 0 Å². The minimum atomic E-state index is -0.634. The summed E-state index contributed by atoms with van der Waals surface area (Å²) in [6, 6.07) is 6.10. The van der Waals surface area contributed by atoms with Gasteiger partial charge in [0, 0.05) is 19.8 Å². The van der Waals surface area contributed by atoms with Gasteiger partial charge in [-0.1, -0.05) is 23.2 Å². The molecule has 0 radical (unpaired) electrons. The molecule has 2 rings (SSSR count). The maximum absolute atomic E-state index is 13.1. The van der Waals surface area contributed by atoms with Crippen LogP contribution in [0.25, 0.3) is 0 Å². The molecule has 1 heterocycles. The van der Waals surface area contributed by atoms with E-state index >= 15 is 0 Å². The van der Waals surface area contributed by atoms with Gasteiger partial charge < -0.3 is 10.2 Å². The summed E-state index contributed by atoms with van der Waals surface area (Å²) < 4.78 is 13.1. The second-order valence-corrected chi connectivity index (χ2v) is 5.27. The number of anilines is 2. The summed E-state index contributed by atoms with van der Waals surface area (Å²) in [6.45, 7) is 0. The zero-order chi connectivity index (χ0) is 15.6. The Morgan fingerprint density at radius 1 is 1.29 bits per heavy atom. The van der Waals surface area contributed by atoms with Crippen LogP contribution >= 0.6 is 23.2 Å². The van der Waals surface area contributed by atoms with Crippen LogP contribution in [0.2, 0.25) is 10.2 Å². The van der Waals surface area contributed by atoms with Crippen molar-refractivity contribution < 1.29 is 9.18 Å². The fourth-order valence-corrected chi connectivity index (χ4v) is 2.27. The lowest BCUT2D eigenvalue weighted by Crippen LogP contribution is -2.14. The minimum absolute atomic E-state index is 0.0375. The van der Waals surface area contributed by atoms with Gasteiger partial charge in [-0.2, -0.15) is 0 Å². The van der Waals surface area contributed by atoms with E-state index in [2.05, 4.69) is 10.3 Å². The Bertz CT molecular complexity index is 692. The number of aromatic nitrogens is 1. The molecule has 4 nitrogen and oxygen atoms in total. The maximum Gasteiger partial charge on any atom is 0.258 e. The molecule has 0 atom stereocenters. The molecule has 1 aromatic heterocycles. The summed E-state index contributed by atoms with van der Waals surface area (Å²) in [6.07, 6.45) is 0.946. The molecule has 21 heavy (non-hydrogen) atoms. The summed E-state index contributed by atoms with van der Waals surface area (Å²) in [5, 5.41) is 3.02. The molecule has 1 amide bonds. The van der Waals surface area contributed by atoms with E-state index in [0.29, 0.717) is 10.7 Å². The van der Waals surface area contributed by atoms with E-state index in [1.54, 1.807) is 18.2 Å². The molecule has 0 aliphatic heterocycles. The third-order valence-electron chi connectivity index (χ3n) is 2.74. The highest BCUT2D eigenvalue weighted by Crippen LogP contribution is 2.27. The average molecular weight is 328 g/mol. The van der Waals surface area contributed by atoms with Crippen molar-refractivity contribution in [3.8, 4) is 0 Å². The maximum atomic E-state index is 13.1. The van der Waals surface area contributed by atoms with Crippen molar-refractivity contribution in [1.29, 1.82) is 0 Å². The van der Waals surface area contributed by atoms with Gasteiger partial charge >= 0.3 is 0 Å². The number of benzene rings is 1. The Kier molecular flexibility index (Phi) is 4.65. The fourth-order valence-electron chi connectivity index (χ4n) is 1.73. The second-order valence-electron chi connectivity index (χ2n) is 4.51. The number of pyridine rings is 1. The van der Waals surface area contributed by atoms with Gasteiger partial charge in [-0.3, -0.25) is 4.79 Å². The molecular weight excluding hydrogens is 316 g/mol. The highest BCUT2D eigenvalue weighted by Gasteiger charge is 2.14. The van der Waals surface area contributed by atoms with Crippen molar-refractivity contribution in [2.45, 2.75) is 0 Å². The highest BCUT2D eigenvalue weighted by molar-refractivity contribution is 6.34. The Labute approximate surface area is 131 Å². The second kappa shape index (κ2) is 6.28. The van der Waals surface area contributed by atoms with E-state index in [1.807, 2.05) is 19.0 Å². The van der Waals surface area contributed by atoms with Crippen LogP contribution in [-0.2, 0) is 0 Å². The molecule has 0 fully saturated rings. The standard InChI is InChI=1S/C14H12Cl2FN3O/c1-20(2)12-4-3-9(6-11(12)15)19-14(21)10-5-8(17)7-18-13(10)16/h3-7H,1-2H3,(H,19,21). The predicted octanol–water partition coefficient (Wildman–Crippen LogP) is 3.85. The van der Waals surface area contributed by atoms with Gasteiger partial charge in [0.1, 0.15) is 11.0 Å². The summed E-state index contributed by atoms with van der Waals surface area (Å²) in [5.74, 6) is -1.19. The van der Waals surface area contributed by atoms with Gasteiger partial charge in [-0.05, 0) is 24.3 Å². The van der Waals surface area contributed by atoms with Crippen LogP contribution in [0, 0.1) is 5.82 Å². The third-order valence-corrected chi connectivity index (χ3v) is 3.34. The highest BCUT2D eigenvalue weighted by atomic mass is 35.5. The van der Waals surface area contributed by atoms with Gasteiger partial charge in [-0.25, -0.2) is 9.37 Å². The first kappa shape index (κ1) is 15.5.